The maximum absolute atomic E-state index is 12.4. The SMILES string of the molecule is O=C(CCCCCOc1ccc(/C=C/S(=O)(=O)F)cc1)ON1C(=O)CCC1=O. The van der Waals surface area contributed by atoms with Gasteiger partial charge < -0.3 is 9.57 Å². The molecule has 0 atom stereocenters. The number of imide groups is 1. The molecule has 0 saturated carbocycles. The molecule has 0 aromatic heterocycles. The number of halogens is 1. The number of amides is 2. The van der Waals surface area contributed by atoms with Gasteiger partial charge in [0, 0.05) is 19.3 Å². The monoisotopic (exact) mass is 413 g/mol. The highest BCUT2D eigenvalue weighted by Gasteiger charge is 2.32. The van der Waals surface area contributed by atoms with Gasteiger partial charge in [0.25, 0.3) is 11.8 Å². The highest BCUT2D eigenvalue weighted by molar-refractivity contribution is 7.89. The second-order valence-corrected chi connectivity index (χ2v) is 7.27. The highest BCUT2D eigenvalue weighted by atomic mass is 32.3. The molecular formula is C18H20FNO7S. The number of hydrogen-bond acceptors (Lipinski definition) is 7. The van der Waals surface area contributed by atoms with Crippen LogP contribution in [0.15, 0.2) is 29.7 Å². The van der Waals surface area contributed by atoms with Crippen LogP contribution < -0.4 is 4.74 Å². The second-order valence-electron chi connectivity index (χ2n) is 6.05. The first-order chi connectivity index (χ1) is 13.2. The number of carbonyl (C=O) groups excluding carboxylic acids is 3. The topological polar surface area (TPSA) is 107 Å². The fourth-order valence-electron chi connectivity index (χ4n) is 2.38. The van der Waals surface area contributed by atoms with E-state index in [0.29, 0.717) is 47.7 Å². The van der Waals surface area contributed by atoms with Crippen LogP contribution in [0.4, 0.5) is 3.89 Å². The lowest BCUT2D eigenvalue weighted by Crippen LogP contribution is -2.31. The van der Waals surface area contributed by atoms with Gasteiger partial charge in [0.15, 0.2) is 0 Å². The van der Waals surface area contributed by atoms with Gasteiger partial charge in [-0.15, -0.1) is 8.95 Å². The average molecular weight is 413 g/mol. The van der Waals surface area contributed by atoms with E-state index in [0.717, 1.165) is 6.08 Å². The maximum Gasteiger partial charge on any atom is 0.333 e. The van der Waals surface area contributed by atoms with Crippen LogP contribution in [0.2, 0.25) is 0 Å². The van der Waals surface area contributed by atoms with Gasteiger partial charge >= 0.3 is 16.2 Å². The minimum absolute atomic E-state index is 0.0651. The predicted molar refractivity (Wildman–Crippen MR) is 96.6 cm³/mol. The van der Waals surface area contributed by atoms with Gasteiger partial charge in [-0.1, -0.05) is 12.1 Å². The number of benzene rings is 1. The summed E-state index contributed by atoms with van der Waals surface area (Å²) in [7, 11) is -4.65. The number of hydrogen-bond donors (Lipinski definition) is 0. The van der Waals surface area contributed by atoms with Crippen molar-refractivity contribution in [3.63, 3.8) is 0 Å². The zero-order valence-corrected chi connectivity index (χ0v) is 15.8. The molecule has 1 heterocycles. The molecule has 0 aliphatic carbocycles. The quantitative estimate of drug-likeness (QED) is 0.329. The van der Waals surface area contributed by atoms with Gasteiger partial charge in [0.2, 0.25) is 0 Å². The third kappa shape index (κ3) is 7.47. The minimum Gasteiger partial charge on any atom is -0.494 e. The molecule has 0 unspecified atom stereocenters. The summed E-state index contributed by atoms with van der Waals surface area (Å²) in [4.78, 5) is 39.1. The molecule has 0 N–H and O–H groups in total. The molecule has 0 bridgehead atoms. The first-order valence-corrected chi connectivity index (χ1v) is 10.1. The fourth-order valence-corrected chi connectivity index (χ4v) is 2.70. The molecule has 0 spiro atoms. The molecule has 152 valence electrons. The Hall–Kier alpha value is -2.75. The van der Waals surface area contributed by atoms with Gasteiger partial charge in [0.05, 0.1) is 12.0 Å². The van der Waals surface area contributed by atoms with Crippen molar-refractivity contribution in [2.24, 2.45) is 0 Å². The molecule has 2 amide bonds. The number of nitrogens with zero attached hydrogens (tertiary/aromatic N) is 1. The standard InChI is InChI=1S/C18H20FNO7S/c19-28(24,25)13-11-14-5-7-15(8-6-14)26-12-3-1-2-4-18(23)27-20-16(21)9-10-17(20)22/h5-8,11,13H,1-4,9-10,12H2/b13-11+. The van der Waals surface area contributed by atoms with Gasteiger partial charge in [-0.2, -0.15) is 8.42 Å². The Morgan fingerprint density at radius 1 is 1.07 bits per heavy atom. The maximum atomic E-state index is 12.4. The van der Waals surface area contributed by atoms with E-state index in [-0.39, 0.29) is 19.3 Å². The molecule has 1 aliphatic heterocycles. The van der Waals surface area contributed by atoms with Crippen molar-refractivity contribution in [2.75, 3.05) is 6.61 Å². The largest absolute Gasteiger partial charge is 0.494 e. The van der Waals surface area contributed by atoms with Gasteiger partial charge in [-0.25, -0.2) is 4.79 Å². The van der Waals surface area contributed by atoms with Gasteiger partial charge in [-0.05, 0) is 43.0 Å². The van der Waals surface area contributed by atoms with E-state index in [1.165, 1.54) is 0 Å². The molecular weight excluding hydrogens is 393 g/mol. The van der Waals surface area contributed by atoms with Crippen LogP contribution in [-0.4, -0.2) is 37.9 Å². The fraction of sp³-hybridized carbons (Fsp3) is 0.389. The number of rotatable bonds is 10. The molecule has 1 aromatic rings. The van der Waals surface area contributed by atoms with Crippen molar-refractivity contribution in [3.05, 3.63) is 35.2 Å². The Morgan fingerprint density at radius 3 is 2.32 bits per heavy atom. The third-order valence-corrected chi connectivity index (χ3v) is 4.26. The highest BCUT2D eigenvalue weighted by Crippen LogP contribution is 2.16. The van der Waals surface area contributed by atoms with Crippen LogP contribution in [0.25, 0.3) is 6.08 Å². The normalized spacial score (nSPS) is 14.7. The molecule has 1 fully saturated rings. The minimum atomic E-state index is -4.65. The summed E-state index contributed by atoms with van der Waals surface area (Å²) in [6.07, 6.45) is 3.25. The van der Waals surface area contributed by atoms with Crippen molar-refractivity contribution in [1.29, 1.82) is 0 Å². The first-order valence-electron chi connectivity index (χ1n) is 8.67. The zero-order chi connectivity index (χ0) is 20.6. The number of ether oxygens (including phenoxy) is 1. The summed E-state index contributed by atoms with van der Waals surface area (Å²) in [5.74, 6) is -1.05. The van der Waals surface area contributed by atoms with Crippen LogP contribution >= 0.6 is 0 Å². The number of carbonyl (C=O) groups is 3. The third-order valence-electron chi connectivity index (χ3n) is 3.80. The number of hydroxylamine groups is 2. The van der Waals surface area contributed by atoms with Gasteiger partial charge in [-0.3, -0.25) is 9.59 Å². The molecule has 28 heavy (non-hydrogen) atoms. The van der Waals surface area contributed by atoms with Crippen LogP contribution in [-0.2, 0) is 29.4 Å². The van der Waals surface area contributed by atoms with Crippen molar-refractivity contribution < 1.29 is 36.3 Å². The van der Waals surface area contributed by atoms with Crippen molar-refractivity contribution >= 4 is 34.1 Å². The lowest BCUT2D eigenvalue weighted by Gasteiger charge is -2.12. The summed E-state index contributed by atoms with van der Waals surface area (Å²) in [6, 6.07) is 6.44. The van der Waals surface area contributed by atoms with Crippen LogP contribution in [0.1, 0.15) is 44.1 Å². The molecule has 1 saturated heterocycles. The van der Waals surface area contributed by atoms with E-state index < -0.39 is 28.0 Å². The van der Waals surface area contributed by atoms with Crippen LogP contribution in [0.3, 0.4) is 0 Å². The smallest absolute Gasteiger partial charge is 0.333 e. The summed E-state index contributed by atoms with van der Waals surface area (Å²) in [5.41, 5.74) is 0.516. The summed E-state index contributed by atoms with van der Waals surface area (Å²) >= 11 is 0. The molecule has 8 nitrogen and oxygen atoms in total. The molecule has 0 radical (unpaired) electrons. The first kappa shape index (κ1) is 21.5. The number of unbranched alkanes of at least 4 members (excludes halogenated alkanes) is 2. The Balaban J connectivity index is 1.60. The van der Waals surface area contributed by atoms with Crippen LogP contribution in [0, 0.1) is 0 Å². The lowest BCUT2D eigenvalue weighted by atomic mass is 10.2. The summed E-state index contributed by atoms with van der Waals surface area (Å²) < 4.78 is 38.8. The predicted octanol–water partition coefficient (Wildman–Crippen LogP) is 2.50. The Kier molecular flexibility index (Phi) is 7.68. The van der Waals surface area contributed by atoms with Gasteiger partial charge in [0.1, 0.15) is 5.75 Å². The Morgan fingerprint density at radius 2 is 1.71 bits per heavy atom. The second kappa shape index (κ2) is 9.98. The summed E-state index contributed by atoms with van der Waals surface area (Å²) in [5, 5.41) is 1.01. The van der Waals surface area contributed by atoms with Crippen molar-refractivity contribution in [1.82, 2.24) is 5.06 Å². The molecule has 2 rings (SSSR count). The van der Waals surface area contributed by atoms with E-state index in [1.807, 2.05) is 0 Å². The average Bonchev–Trinajstić information content (AvgIpc) is 2.95. The van der Waals surface area contributed by atoms with Crippen molar-refractivity contribution in [3.8, 4) is 5.75 Å². The van der Waals surface area contributed by atoms with Crippen molar-refractivity contribution in [2.45, 2.75) is 38.5 Å². The Labute approximate surface area is 162 Å². The van der Waals surface area contributed by atoms with E-state index in [1.54, 1.807) is 24.3 Å². The Bertz CT molecular complexity index is 833. The molecule has 1 aromatic carbocycles. The zero-order valence-electron chi connectivity index (χ0n) is 15.0. The molecule has 10 heteroatoms. The summed E-state index contributed by atoms with van der Waals surface area (Å²) in [6.45, 7) is 0.409. The van der Waals surface area contributed by atoms with E-state index in [2.05, 4.69) is 0 Å². The van der Waals surface area contributed by atoms with E-state index in [4.69, 9.17) is 9.57 Å². The lowest BCUT2D eigenvalue weighted by molar-refractivity contribution is -0.197. The van der Waals surface area contributed by atoms with Crippen LogP contribution in [0.5, 0.6) is 5.75 Å². The molecule has 1 aliphatic rings. The van der Waals surface area contributed by atoms with E-state index >= 15 is 0 Å². The van der Waals surface area contributed by atoms with E-state index in [9.17, 15) is 26.7 Å².